The van der Waals surface area contributed by atoms with E-state index in [1.54, 1.807) is 6.07 Å². The van der Waals surface area contributed by atoms with Gasteiger partial charge in [-0.25, -0.2) is 4.99 Å². The largest absolute Gasteiger partial charge is 0.506 e. The predicted octanol–water partition coefficient (Wildman–Crippen LogP) is 8.59. The van der Waals surface area contributed by atoms with E-state index in [0.29, 0.717) is 21.7 Å². The van der Waals surface area contributed by atoms with Crippen LogP contribution in [0, 0.1) is 0 Å². The fraction of sp³-hybridized carbons (Fsp3) is 0.0400. The summed E-state index contributed by atoms with van der Waals surface area (Å²) in [7, 11) is -4.55. The minimum Gasteiger partial charge on any atom is -0.506 e. The molecular weight excluding hydrogens is 769 g/mol. The Balaban J connectivity index is 1.06. The number of nitrogens with zero attached hydrogens (tertiary/aromatic N) is 1. The molecule has 0 radical (unpaired) electrons. The molecule has 0 saturated carbocycles. The maximum atomic E-state index is 14.9. The second-order valence-corrected chi connectivity index (χ2v) is 17.4. The molecule has 0 fully saturated rings. The Kier molecular flexibility index (Phi) is 6.21. The van der Waals surface area contributed by atoms with Crippen molar-refractivity contribution in [3.05, 3.63) is 196 Å². The van der Waals surface area contributed by atoms with E-state index in [1.807, 2.05) is 103 Å². The molecule has 8 aromatic rings. The van der Waals surface area contributed by atoms with E-state index in [4.69, 9.17) is 4.99 Å². The first kappa shape index (κ1) is 33.4. The highest BCUT2D eigenvalue weighted by molar-refractivity contribution is 7.85. The van der Waals surface area contributed by atoms with Gasteiger partial charge >= 0.3 is 0 Å². The van der Waals surface area contributed by atoms with Crippen molar-refractivity contribution in [2.24, 2.45) is 4.99 Å². The topological polar surface area (TPSA) is 140 Å². The van der Waals surface area contributed by atoms with Gasteiger partial charge in [-0.15, -0.1) is 0 Å². The molecule has 10 heteroatoms. The molecular formula is C50H30N4O5S. The number of carbonyl (C=O) groups excluding carboxylic acids is 1. The zero-order chi connectivity index (χ0) is 40.3. The van der Waals surface area contributed by atoms with Gasteiger partial charge < -0.3 is 21.1 Å². The second kappa shape index (κ2) is 11.1. The lowest BCUT2D eigenvalue weighted by Crippen LogP contribution is -2.45. The molecule has 2 heterocycles. The van der Waals surface area contributed by atoms with Crippen LogP contribution in [0.2, 0.25) is 0 Å². The number of rotatable bonds is 2. The molecule has 286 valence electrons. The maximum Gasteiger partial charge on any atom is 0.294 e. The number of aliphatic hydroxyl groups is 1. The van der Waals surface area contributed by atoms with Gasteiger partial charge in [0.1, 0.15) is 5.76 Å². The molecule has 8 aromatic carbocycles. The van der Waals surface area contributed by atoms with Crippen molar-refractivity contribution in [3.8, 4) is 22.3 Å². The van der Waals surface area contributed by atoms with E-state index in [2.05, 4.69) is 46.3 Å². The van der Waals surface area contributed by atoms with Gasteiger partial charge in [-0.1, -0.05) is 127 Å². The van der Waals surface area contributed by atoms with Crippen molar-refractivity contribution in [2.45, 2.75) is 16.2 Å². The SMILES string of the molecule is O=C1C(c2ccc3cccc4c3c2NC2(N4)c3ccccc3-c3ccccc32)=C(O)/C1=c1/ccc2cccc3c2c1=NC1(N3)c2ccccc2-c2ccc(S(=O)(=O)O)cc21. The zero-order valence-corrected chi connectivity index (χ0v) is 32.2. The zero-order valence-electron chi connectivity index (χ0n) is 31.4. The number of allylic oxidation sites excluding steroid dienone is 2. The average molecular weight is 799 g/mol. The summed E-state index contributed by atoms with van der Waals surface area (Å²) in [6.45, 7) is 0. The third-order valence-electron chi connectivity index (χ3n) is 13.0. The predicted molar refractivity (Wildman–Crippen MR) is 233 cm³/mol. The summed E-state index contributed by atoms with van der Waals surface area (Å²) in [6, 6.07) is 48.5. The molecule has 13 rings (SSSR count). The second-order valence-electron chi connectivity index (χ2n) is 16.0. The van der Waals surface area contributed by atoms with Crippen LogP contribution < -0.4 is 26.5 Å². The highest BCUT2D eigenvalue weighted by Crippen LogP contribution is 2.56. The summed E-state index contributed by atoms with van der Waals surface area (Å²) in [5.41, 5.74) is 8.43. The van der Waals surface area contributed by atoms with Crippen molar-refractivity contribution in [2.75, 3.05) is 16.0 Å². The molecule has 2 aliphatic heterocycles. The van der Waals surface area contributed by atoms with Crippen molar-refractivity contribution in [1.29, 1.82) is 0 Å². The van der Waals surface area contributed by atoms with Crippen molar-refractivity contribution in [1.82, 2.24) is 0 Å². The van der Waals surface area contributed by atoms with Gasteiger partial charge in [0.2, 0.25) is 5.78 Å². The summed E-state index contributed by atoms with van der Waals surface area (Å²) in [6.07, 6.45) is 0. The summed E-state index contributed by atoms with van der Waals surface area (Å²) >= 11 is 0. The number of fused-ring (bicyclic) bond motifs is 10. The number of anilines is 3. The monoisotopic (exact) mass is 798 g/mol. The Labute approximate surface area is 342 Å². The van der Waals surface area contributed by atoms with Crippen LogP contribution in [-0.4, -0.2) is 23.9 Å². The lowest BCUT2D eigenvalue weighted by molar-refractivity contribution is -0.109. The maximum absolute atomic E-state index is 14.9. The van der Waals surface area contributed by atoms with Gasteiger partial charge in [0, 0.05) is 55.2 Å². The summed E-state index contributed by atoms with van der Waals surface area (Å²) in [4.78, 5) is 20.1. The minimum absolute atomic E-state index is 0.133. The molecule has 0 amide bonds. The number of aliphatic hydroxyl groups excluding tert-OH is 1. The van der Waals surface area contributed by atoms with Gasteiger partial charge in [0.25, 0.3) is 10.1 Å². The van der Waals surface area contributed by atoms with Crippen LogP contribution in [-0.2, 0) is 26.2 Å². The van der Waals surface area contributed by atoms with Crippen LogP contribution in [0.3, 0.4) is 0 Å². The highest BCUT2D eigenvalue weighted by Gasteiger charge is 2.49. The number of hydrogen-bond donors (Lipinski definition) is 5. The highest BCUT2D eigenvalue weighted by atomic mass is 32.2. The summed E-state index contributed by atoms with van der Waals surface area (Å²) in [5.74, 6) is -0.453. The van der Waals surface area contributed by atoms with Crippen LogP contribution in [0.25, 0.3) is 54.9 Å². The molecule has 9 nitrogen and oxygen atoms in total. The Hall–Kier alpha value is -7.53. The van der Waals surface area contributed by atoms with Gasteiger partial charge in [-0.2, -0.15) is 8.42 Å². The molecule has 3 aliphatic carbocycles. The first-order valence-electron chi connectivity index (χ1n) is 19.6. The van der Waals surface area contributed by atoms with E-state index in [9.17, 15) is 22.9 Å². The first-order chi connectivity index (χ1) is 29.2. The van der Waals surface area contributed by atoms with E-state index >= 15 is 0 Å². The van der Waals surface area contributed by atoms with Crippen LogP contribution in [0.15, 0.2) is 167 Å². The lowest BCUT2D eigenvalue weighted by Gasteiger charge is -2.41. The van der Waals surface area contributed by atoms with E-state index in [1.165, 1.54) is 12.1 Å². The van der Waals surface area contributed by atoms with Crippen LogP contribution in [0.5, 0.6) is 0 Å². The standard InChI is InChI=1S/C50H30N4O5S/c55-47-43(33-22-19-26-9-7-17-39-41(26)45(33)53-49(51-39)35-14-4-1-11-29(35)30-12-2-5-15-36(30)49)48(56)44(47)34-23-20-27-10-8-18-40-42(27)46(34)54-50(52-40)37-16-6-3-13-31(37)32-24-21-28(25-38(32)50)60(57,58)59/h1-25,51-53,55H,(H,57,58,59)/b44-34+. The van der Waals surface area contributed by atoms with Crippen molar-refractivity contribution < 1.29 is 22.9 Å². The summed E-state index contributed by atoms with van der Waals surface area (Å²) in [5, 5.41) is 28.2. The molecule has 0 aromatic heterocycles. The first-order valence-corrected chi connectivity index (χ1v) is 21.1. The quantitative estimate of drug-likeness (QED) is 0.110. The minimum atomic E-state index is -4.55. The van der Waals surface area contributed by atoms with E-state index in [0.717, 1.165) is 77.6 Å². The van der Waals surface area contributed by atoms with Crippen molar-refractivity contribution in [3.63, 3.8) is 0 Å². The Bertz CT molecular complexity index is 3630. The third-order valence-corrected chi connectivity index (χ3v) is 13.8. The van der Waals surface area contributed by atoms with E-state index in [-0.39, 0.29) is 27.6 Å². The molecule has 0 saturated heterocycles. The third kappa shape index (κ3) is 4.06. The number of nitrogens with one attached hydrogen (secondary N) is 3. The van der Waals surface area contributed by atoms with Crippen LogP contribution >= 0.6 is 0 Å². The molecule has 60 heavy (non-hydrogen) atoms. The van der Waals surface area contributed by atoms with Gasteiger partial charge in [0.05, 0.1) is 27.1 Å². The summed E-state index contributed by atoms with van der Waals surface area (Å²) < 4.78 is 35.1. The average Bonchev–Trinajstić information content (AvgIpc) is 3.68. The number of benzene rings is 8. The Morgan fingerprint density at radius 2 is 1.12 bits per heavy atom. The fourth-order valence-electron chi connectivity index (χ4n) is 10.5. The molecule has 1 unspecified atom stereocenters. The number of Topliss-reactive ketones (excluding diaryl/α,β-unsaturated/α-hetero) is 1. The number of hydrogen-bond acceptors (Lipinski definition) is 8. The Morgan fingerprint density at radius 1 is 0.533 bits per heavy atom. The van der Waals surface area contributed by atoms with E-state index < -0.39 is 21.4 Å². The fourth-order valence-corrected chi connectivity index (χ4v) is 11.0. The molecule has 5 aliphatic rings. The van der Waals surface area contributed by atoms with Crippen LogP contribution in [0.1, 0.15) is 27.8 Å². The normalized spacial score (nSPS) is 19.2. The molecule has 1 atom stereocenters. The van der Waals surface area contributed by atoms with Gasteiger partial charge in [-0.3, -0.25) is 9.35 Å². The number of ketones is 1. The smallest absolute Gasteiger partial charge is 0.294 e. The Morgan fingerprint density at radius 3 is 1.80 bits per heavy atom. The number of carbonyl (C=O) groups is 1. The van der Waals surface area contributed by atoms with Gasteiger partial charge in [0.15, 0.2) is 11.3 Å². The van der Waals surface area contributed by atoms with Crippen molar-refractivity contribution >= 4 is 65.7 Å². The van der Waals surface area contributed by atoms with Crippen LogP contribution in [0.4, 0.5) is 17.1 Å². The lowest BCUT2D eigenvalue weighted by atomic mass is 9.79. The molecule has 2 spiro atoms. The van der Waals surface area contributed by atoms with Gasteiger partial charge in [-0.05, 0) is 57.3 Å². The molecule has 5 N–H and O–H groups in total. The molecule has 0 bridgehead atoms.